The number of primary amides is 1. The highest BCUT2D eigenvalue weighted by Gasteiger charge is 2.39. The molecule has 3 atom stereocenters. The average molecular weight is 364 g/mol. The maximum Gasteiger partial charge on any atom is 0.255 e. The van der Waals surface area contributed by atoms with Crippen molar-refractivity contribution in [1.29, 1.82) is 0 Å². The van der Waals surface area contributed by atoms with Crippen molar-refractivity contribution in [1.82, 2.24) is 5.32 Å². The van der Waals surface area contributed by atoms with Crippen molar-refractivity contribution in [3.8, 4) is 11.5 Å². The fourth-order valence-electron chi connectivity index (χ4n) is 3.01. The molecule has 1 fully saturated rings. The molecular weight excluding hydrogens is 346 g/mol. The molecule has 2 amide bonds. The van der Waals surface area contributed by atoms with Crippen molar-refractivity contribution in [2.24, 2.45) is 11.7 Å². The Bertz CT molecular complexity index is 887. The number of hydrogen-bond donors (Lipinski definition) is 2. The molecule has 0 saturated carbocycles. The molecule has 2 aromatic carbocycles. The minimum absolute atomic E-state index is 0.0218. The van der Waals surface area contributed by atoms with Crippen molar-refractivity contribution >= 4 is 22.6 Å². The summed E-state index contributed by atoms with van der Waals surface area (Å²) in [5.74, 6) is -1.99. The lowest BCUT2D eigenvalue weighted by Crippen LogP contribution is -2.34. The van der Waals surface area contributed by atoms with Crippen LogP contribution in [0.2, 0.25) is 0 Å². The van der Waals surface area contributed by atoms with E-state index in [0.717, 1.165) is 0 Å². The maximum atomic E-state index is 14.2. The standard InChI is InChI=1S/C18H18F2N2O4/c1-8-13(22-18(24)16(8)20)7-26-14-4-3-12(19)9-5-11(17(21)23)15(25-2)6-10(9)14/h3-6,8,13,16H,7H2,1-2H3,(H2,21,23)(H,22,24)/t8-,13+,16?/m0/s1. The zero-order valence-corrected chi connectivity index (χ0v) is 14.2. The second-order valence-corrected chi connectivity index (χ2v) is 6.19. The Hall–Kier alpha value is -2.90. The summed E-state index contributed by atoms with van der Waals surface area (Å²) < 4.78 is 38.7. The number of rotatable bonds is 5. The average Bonchev–Trinajstić information content (AvgIpc) is 2.87. The van der Waals surface area contributed by atoms with Crippen LogP contribution in [0.1, 0.15) is 17.3 Å². The maximum absolute atomic E-state index is 14.2. The third kappa shape index (κ3) is 3.02. The number of benzene rings is 2. The number of amides is 2. The van der Waals surface area contributed by atoms with Gasteiger partial charge in [-0.25, -0.2) is 8.78 Å². The van der Waals surface area contributed by atoms with E-state index >= 15 is 0 Å². The molecule has 1 saturated heterocycles. The third-order valence-corrected chi connectivity index (χ3v) is 4.60. The van der Waals surface area contributed by atoms with E-state index in [0.29, 0.717) is 11.1 Å². The summed E-state index contributed by atoms with van der Waals surface area (Å²) in [6.07, 6.45) is -1.58. The monoisotopic (exact) mass is 364 g/mol. The number of hydrogen-bond acceptors (Lipinski definition) is 4. The van der Waals surface area contributed by atoms with Gasteiger partial charge in [0.1, 0.15) is 23.9 Å². The molecule has 1 unspecified atom stereocenters. The minimum Gasteiger partial charge on any atom is -0.496 e. The zero-order valence-electron chi connectivity index (χ0n) is 14.2. The number of ether oxygens (including phenoxy) is 2. The third-order valence-electron chi connectivity index (χ3n) is 4.60. The van der Waals surface area contributed by atoms with E-state index in [1.807, 2.05) is 0 Å². The Morgan fingerprint density at radius 1 is 1.27 bits per heavy atom. The van der Waals surface area contributed by atoms with Gasteiger partial charge in [0.05, 0.1) is 18.7 Å². The highest BCUT2D eigenvalue weighted by atomic mass is 19.1. The van der Waals surface area contributed by atoms with Gasteiger partial charge >= 0.3 is 0 Å². The molecule has 1 aliphatic rings. The molecule has 0 aromatic heterocycles. The fourth-order valence-corrected chi connectivity index (χ4v) is 3.01. The lowest BCUT2D eigenvalue weighted by atomic mass is 10.0. The van der Waals surface area contributed by atoms with Crippen LogP contribution in [0, 0.1) is 11.7 Å². The van der Waals surface area contributed by atoms with Gasteiger partial charge in [0.25, 0.3) is 11.8 Å². The molecule has 8 heteroatoms. The van der Waals surface area contributed by atoms with Crippen LogP contribution in [0.4, 0.5) is 8.78 Å². The quantitative estimate of drug-likeness (QED) is 0.848. The summed E-state index contributed by atoms with van der Waals surface area (Å²) in [4.78, 5) is 22.9. The Morgan fingerprint density at radius 2 is 2.00 bits per heavy atom. The molecule has 3 rings (SSSR count). The van der Waals surface area contributed by atoms with Gasteiger partial charge in [-0.2, -0.15) is 0 Å². The number of nitrogens with two attached hydrogens (primary N) is 1. The molecule has 1 heterocycles. The van der Waals surface area contributed by atoms with Gasteiger partial charge in [-0.1, -0.05) is 6.92 Å². The summed E-state index contributed by atoms with van der Waals surface area (Å²) in [6.45, 7) is 1.63. The van der Waals surface area contributed by atoms with Gasteiger partial charge in [-0.15, -0.1) is 0 Å². The van der Waals surface area contributed by atoms with Crippen LogP contribution in [0.15, 0.2) is 24.3 Å². The largest absolute Gasteiger partial charge is 0.496 e. The van der Waals surface area contributed by atoms with Crippen LogP contribution >= 0.6 is 0 Å². The normalized spacial score (nSPS) is 22.3. The molecule has 26 heavy (non-hydrogen) atoms. The van der Waals surface area contributed by atoms with Crippen molar-refractivity contribution in [3.05, 3.63) is 35.6 Å². The lowest BCUT2D eigenvalue weighted by Gasteiger charge is -2.18. The van der Waals surface area contributed by atoms with Crippen LogP contribution in [-0.4, -0.2) is 37.7 Å². The topological polar surface area (TPSA) is 90.7 Å². The second kappa shape index (κ2) is 6.78. The Kier molecular flexibility index (Phi) is 4.67. The van der Waals surface area contributed by atoms with Crippen molar-refractivity contribution in [3.63, 3.8) is 0 Å². The van der Waals surface area contributed by atoms with Crippen LogP contribution < -0.4 is 20.5 Å². The summed E-state index contributed by atoms with van der Waals surface area (Å²) in [5.41, 5.74) is 5.35. The Labute approximate surface area is 148 Å². The molecule has 138 valence electrons. The Balaban J connectivity index is 1.95. The van der Waals surface area contributed by atoms with Crippen LogP contribution in [0.5, 0.6) is 11.5 Å². The number of nitrogens with one attached hydrogen (secondary N) is 1. The fraction of sp³-hybridized carbons (Fsp3) is 0.333. The highest BCUT2D eigenvalue weighted by Crippen LogP contribution is 2.34. The van der Waals surface area contributed by atoms with E-state index in [-0.39, 0.29) is 23.3 Å². The molecule has 0 bridgehead atoms. The van der Waals surface area contributed by atoms with Crippen molar-refractivity contribution < 1.29 is 27.8 Å². The van der Waals surface area contributed by atoms with Crippen LogP contribution in [0.3, 0.4) is 0 Å². The van der Waals surface area contributed by atoms with Crippen molar-refractivity contribution in [2.75, 3.05) is 13.7 Å². The second-order valence-electron chi connectivity index (χ2n) is 6.19. The minimum atomic E-state index is -1.58. The number of methoxy groups -OCH3 is 1. The number of alkyl halides is 1. The van der Waals surface area contributed by atoms with Gasteiger partial charge in [0.2, 0.25) is 0 Å². The number of carbonyl (C=O) groups is 2. The van der Waals surface area contributed by atoms with Gasteiger partial charge in [0, 0.05) is 16.7 Å². The summed E-state index contributed by atoms with van der Waals surface area (Å²) >= 11 is 0. The molecule has 1 aliphatic heterocycles. The molecule has 0 spiro atoms. The van der Waals surface area contributed by atoms with Gasteiger partial charge in [0.15, 0.2) is 6.17 Å². The van der Waals surface area contributed by atoms with Gasteiger partial charge in [-0.05, 0) is 24.3 Å². The first-order valence-electron chi connectivity index (χ1n) is 8.00. The SMILES string of the molecule is COc1cc2c(OC[C@H]3NC(=O)C(F)[C@H]3C)ccc(F)c2cc1C(N)=O. The van der Waals surface area contributed by atoms with E-state index in [4.69, 9.17) is 15.2 Å². The van der Waals surface area contributed by atoms with Gasteiger partial charge in [-0.3, -0.25) is 9.59 Å². The van der Waals surface area contributed by atoms with E-state index in [2.05, 4.69) is 5.32 Å². The smallest absolute Gasteiger partial charge is 0.255 e. The first-order chi connectivity index (χ1) is 12.3. The zero-order chi connectivity index (χ0) is 19.0. The molecular formula is C18H18F2N2O4. The van der Waals surface area contributed by atoms with Crippen LogP contribution in [0.25, 0.3) is 10.8 Å². The molecule has 6 nitrogen and oxygen atoms in total. The predicted octanol–water partition coefficient (Wildman–Crippen LogP) is 1.94. The van der Waals surface area contributed by atoms with Crippen molar-refractivity contribution in [2.45, 2.75) is 19.1 Å². The first kappa shape index (κ1) is 17.9. The summed E-state index contributed by atoms with van der Waals surface area (Å²) in [7, 11) is 1.37. The number of halogens is 2. The van der Waals surface area contributed by atoms with Gasteiger partial charge < -0.3 is 20.5 Å². The first-order valence-corrected chi connectivity index (χ1v) is 8.00. The highest BCUT2D eigenvalue weighted by molar-refractivity contribution is 6.02. The number of carbonyl (C=O) groups excluding carboxylic acids is 2. The van der Waals surface area contributed by atoms with E-state index < -0.39 is 35.8 Å². The Morgan fingerprint density at radius 3 is 2.58 bits per heavy atom. The lowest BCUT2D eigenvalue weighted by molar-refractivity contribution is -0.123. The molecule has 0 radical (unpaired) electrons. The van der Waals surface area contributed by atoms with E-state index in [1.165, 1.54) is 31.4 Å². The summed E-state index contributed by atoms with van der Waals surface area (Å²) in [5, 5.41) is 3.05. The molecule has 0 aliphatic carbocycles. The molecule has 3 N–H and O–H groups in total. The summed E-state index contributed by atoms with van der Waals surface area (Å²) in [6, 6.07) is 4.89. The molecule has 2 aromatic rings. The van der Waals surface area contributed by atoms with E-state index in [1.54, 1.807) is 6.92 Å². The van der Waals surface area contributed by atoms with E-state index in [9.17, 15) is 18.4 Å². The predicted molar refractivity (Wildman–Crippen MR) is 90.5 cm³/mol. The van der Waals surface area contributed by atoms with Crippen LogP contribution in [-0.2, 0) is 4.79 Å². The number of fused-ring (bicyclic) bond motifs is 1.